The van der Waals surface area contributed by atoms with Crippen molar-refractivity contribution >= 4 is 10.9 Å². The van der Waals surface area contributed by atoms with E-state index >= 15 is 0 Å². The maximum absolute atomic E-state index is 4.96. The second-order valence-electron chi connectivity index (χ2n) is 2.30. The lowest BCUT2D eigenvalue weighted by molar-refractivity contribution is 0.571. The predicted molar refractivity (Wildman–Crippen MR) is 38.7 cm³/mol. The first-order valence-corrected chi connectivity index (χ1v) is 3.16. The molecular weight excluding hydrogens is 126 g/mol. The molecule has 0 aliphatic rings. The standard InChI is InChI=1S/C8H7NO/c1-6-2-3-7-4-10-5-8(7)9-6/h2-5H,1H3. The van der Waals surface area contributed by atoms with Gasteiger partial charge in [0.15, 0.2) is 0 Å². The molecule has 0 aromatic carbocycles. The van der Waals surface area contributed by atoms with E-state index in [1.165, 1.54) is 0 Å². The fourth-order valence-electron chi connectivity index (χ4n) is 0.953. The van der Waals surface area contributed by atoms with Gasteiger partial charge in [0.25, 0.3) is 0 Å². The maximum atomic E-state index is 4.96. The minimum absolute atomic E-state index is 0.931. The molecule has 2 nitrogen and oxygen atoms in total. The van der Waals surface area contributed by atoms with Crippen molar-refractivity contribution in [2.75, 3.05) is 0 Å². The largest absolute Gasteiger partial charge is 0.470 e. The van der Waals surface area contributed by atoms with E-state index in [1.807, 2.05) is 19.1 Å². The van der Waals surface area contributed by atoms with Crippen molar-refractivity contribution in [2.45, 2.75) is 6.92 Å². The lowest BCUT2D eigenvalue weighted by atomic mass is 10.3. The van der Waals surface area contributed by atoms with Gasteiger partial charge in [-0.05, 0) is 19.1 Å². The van der Waals surface area contributed by atoms with Crippen LogP contribution in [0.3, 0.4) is 0 Å². The topological polar surface area (TPSA) is 26.0 Å². The minimum atomic E-state index is 0.931. The van der Waals surface area contributed by atoms with Gasteiger partial charge < -0.3 is 4.42 Å². The van der Waals surface area contributed by atoms with Crippen LogP contribution >= 0.6 is 0 Å². The lowest BCUT2D eigenvalue weighted by Crippen LogP contribution is -1.76. The van der Waals surface area contributed by atoms with Crippen LogP contribution in [0.2, 0.25) is 0 Å². The molecule has 2 aromatic heterocycles. The van der Waals surface area contributed by atoms with Crippen LogP contribution in [0.5, 0.6) is 0 Å². The van der Waals surface area contributed by atoms with Crippen LogP contribution in [0, 0.1) is 6.92 Å². The van der Waals surface area contributed by atoms with Crippen molar-refractivity contribution in [3.63, 3.8) is 0 Å². The Morgan fingerprint density at radius 1 is 1.30 bits per heavy atom. The van der Waals surface area contributed by atoms with Crippen LogP contribution in [0.15, 0.2) is 29.1 Å². The number of hydrogen-bond acceptors (Lipinski definition) is 2. The van der Waals surface area contributed by atoms with Gasteiger partial charge in [-0.2, -0.15) is 0 Å². The smallest absolute Gasteiger partial charge is 0.117 e. The number of nitrogens with zero attached hydrogens (tertiary/aromatic N) is 1. The molecule has 0 bridgehead atoms. The van der Waals surface area contributed by atoms with Gasteiger partial charge in [-0.15, -0.1) is 0 Å². The summed E-state index contributed by atoms with van der Waals surface area (Å²) in [5, 5.41) is 1.06. The van der Waals surface area contributed by atoms with Crippen LogP contribution < -0.4 is 0 Å². The summed E-state index contributed by atoms with van der Waals surface area (Å²) in [7, 11) is 0. The quantitative estimate of drug-likeness (QED) is 0.550. The van der Waals surface area contributed by atoms with Crippen molar-refractivity contribution < 1.29 is 4.42 Å². The summed E-state index contributed by atoms with van der Waals surface area (Å²) in [5.74, 6) is 0. The molecule has 50 valence electrons. The fourth-order valence-corrected chi connectivity index (χ4v) is 0.953. The van der Waals surface area contributed by atoms with Gasteiger partial charge in [-0.1, -0.05) is 0 Å². The van der Waals surface area contributed by atoms with Crippen molar-refractivity contribution in [3.05, 3.63) is 30.4 Å². The van der Waals surface area contributed by atoms with E-state index in [9.17, 15) is 0 Å². The second kappa shape index (κ2) is 1.84. The van der Waals surface area contributed by atoms with E-state index in [-0.39, 0.29) is 0 Å². The van der Waals surface area contributed by atoms with Crippen LogP contribution in [0.1, 0.15) is 5.69 Å². The molecule has 0 radical (unpaired) electrons. The number of pyridine rings is 1. The van der Waals surface area contributed by atoms with E-state index in [4.69, 9.17) is 4.42 Å². The highest BCUT2D eigenvalue weighted by Crippen LogP contribution is 2.11. The highest BCUT2D eigenvalue weighted by Gasteiger charge is 1.94. The molecule has 2 aromatic rings. The minimum Gasteiger partial charge on any atom is -0.470 e. The third-order valence-electron chi connectivity index (χ3n) is 1.47. The first-order chi connectivity index (χ1) is 4.86. The third kappa shape index (κ3) is 0.692. The molecule has 0 spiro atoms. The SMILES string of the molecule is Cc1ccc2cocc2n1. The Kier molecular flexibility index (Phi) is 1.01. The van der Waals surface area contributed by atoms with E-state index in [1.54, 1.807) is 12.5 Å². The van der Waals surface area contributed by atoms with E-state index in [0.717, 1.165) is 16.6 Å². The van der Waals surface area contributed by atoms with E-state index in [2.05, 4.69) is 4.98 Å². The zero-order valence-electron chi connectivity index (χ0n) is 5.66. The first kappa shape index (κ1) is 5.47. The Bertz CT molecular complexity index is 351. The first-order valence-electron chi connectivity index (χ1n) is 3.16. The summed E-state index contributed by atoms with van der Waals surface area (Å²) < 4.78 is 4.96. The number of aryl methyl sites for hydroxylation is 1. The molecule has 0 saturated carbocycles. The number of aromatic nitrogens is 1. The Morgan fingerprint density at radius 2 is 2.20 bits per heavy atom. The van der Waals surface area contributed by atoms with Crippen molar-refractivity contribution in [1.82, 2.24) is 4.98 Å². The molecule has 10 heavy (non-hydrogen) atoms. The van der Waals surface area contributed by atoms with Crippen molar-refractivity contribution in [3.8, 4) is 0 Å². The third-order valence-corrected chi connectivity index (χ3v) is 1.47. The Hall–Kier alpha value is -1.31. The Labute approximate surface area is 58.5 Å². The van der Waals surface area contributed by atoms with Crippen LogP contribution in [0.4, 0.5) is 0 Å². The second-order valence-corrected chi connectivity index (χ2v) is 2.30. The van der Waals surface area contributed by atoms with Crippen molar-refractivity contribution in [1.29, 1.82) is 0 Å². The Morgan fingerprint density at radius 3 is 3.10 bits per heavy atom. The van der Waals surface area contributed by atoms with E-state index in [0.29, 0.717) is 0 Å². The Balaban J connectivity index is 2.86. The molecule has 2 heterocycles. The summed E-state index contributed by atoms with van der Waals surface area (Å²) in [4.78, 5) is 4.24. The molecule has 0 N–H and O–H groups in total. The number of furan rings is 1. The lowest BCUT2D eigenvalue weighted by Gasteiger charge is -1.88. The zero-order valence-corrected chi connectivity index (χ0v) is 5.66. The van der Waals surface area contributed by atoms with E-state index < -0.39 is 0 Å². The summed E-state index contributed by atoms with van der Waals surface area (Å²) in [6.07, 6.45) is 3.35. The van der Waals surface area contributed by atoms with Gasteiger partial charge >= 0.3 is 0 Å². The molecule has 2 heteroatoms. The summed E-state index contributed by atoms with van der Waals surface area (Å²) in [6.45, 7) is 1.96. The molecule has 0 aliphatic carbocycles. The molecule has 2 rings (SSSR count). The highest BCUT2D eigenvalue weighted by atomic mass is 16.3. The predicted octanol–water partition coefficient (Wildman–Crippen LogP) is 2.14. The van der Waals surface area contributed by atoms with Gasteiger partial charge in [-0.3, -0.25) is 0 Å². The molecule has 0 amide bonds. The number of hydrogen-bond donors (Lipinski definition) is 0. The summed E-state index contributed by atoms with van der Waals surface area (Å²) in [5.41, 5.74) is 1.95. The van der Waals surface area contributed by atoms with Gasteiger partial charge in [-0.25, -0.2) is 4.98 Å². The highest BCUT2D eigenvalue weighted by molar-refractivity contribution is 5.76. The van der Waals surface area contributed by atoms with Crippen LogP contribution in [-0.4, -0.2) is 4.98 Å². The summed E-state index contributed by atoms with van der Waals surface area (Å²) in [6, 6.07) is 3.97. The monoisotopic (exact) mass is 133 g/mol. The molecule has 0 fully saturated rings. The van der Waals surface area contributed by atoms with Crippen LogP contribution in [-0.2, 0) is 0 Å². The van der Waals surface area contributed by atoms with Gasteiger partial charge in [0.05, 0.1) is 6.26 Å². The van der Waals surface area contributed by atoms with Gasteiger partial charge in [0.2, 0.25) is 0 Å². The fraction of sp³-hybridized carbons (Fsp3) is 0.125. The van der Waals surface area contributed by atoms with Crippen LogP contribution in [0.25, 0.3) is 10.9 Å². The zero-order chi connectivity index (χ0) is 6.97. The summed E-state index contributed by atoms with van der Waals surface area (Å²) >= 11 is 0. The average Bonchev–Trinajstić information content (AvgIpc) is 2.33. The van der Waals surface area contributed by atoms with Gasteiger partial charge in [0, 0.05) is 11.1 Å². The molecule has 0 unspecified atom stereocenters. The normalized spacial score (nSPS) is 10.5. The molecule has 0 aliphatic heterocycles. The molecule has 0 saturated heterocycles. The number of rotatable bonds is 0. The average molecular weight is 133 g/mol. The van der Waals surface area contributed by atoms with Crippen molar-refractivity contribution in [2.24, 2.45) is 0 Å². The van der Waals surface area contributed by atoms with Gasteiger partial charge in [0.1, 0.15) is 11.8 Å². The number of fused-ring (bicyclic) bond motifs is 1. The molecular formula is C8H7NO. The maximum Gasteiger partial charge on any atom is 0.117 e. The molecule has 0 atom stereocenters.